The summed E-state index contributed by atoms with van der Waals surface area (Å²) in [6.45, 7) is 15.6. The Morgan fingerprint density at radius 3 is 1.70 bits per heavy atom. The van der Waals surface area contributed by atoms with Crippen LogP contribution in [0.15, 0.2) is 65.9 Å². The van der Waals surface area contributed by atoms with E-state index in [-0.39, 0.29) is 18.3 Å². The van der Waals surface area contributed by atoms with Crippen molar-refractivity contribution >= 4 is 25.9 Å². The van der Waals surface area contributed by atoms with E-state index in [1.807, 2.05) is 0 Å². The number of hydrogen-bond acceptors (Lipinski definition) is 2. The van der Waals surface area contributed by atoms with Crippen LogP contribution in [0.5, 0.6) is 0 Å². The molecule has 0 bridgehead atoms. The Labute approximate surface area is 165 Å². The second-order valence-corrected chi connectivity index (χ2v) is 13.6. The highest BCUT2D eigenvalue weighted by molar-refractivity contribution is 6.98. The van der Waals surface area contributed by atoms with Crippen LogP contribution in [0.4, 0.5) is 0 Å². The summed E-state index contributed by atoms with van der Waals surface area (Å²) in [5, 5.41) is 2.82. The van der Waals surface area contributed by atoms with Gasteiger partial charge in [-0.2, -0.15) is 0 Å². The lowest BCUT2D eigenvalue weighted by Crippen LogP contribution is -2.44. The van der Waals surface area contributed by atoms with Crippen LogP contribution in [0.3, 0.4) is 0 Å². The number of benzene rings is 2. The van der Waals surface area contributed by atoms with Gasteiger partial charge in [0, 0.05) is 0 Å². The molecule has 0 aromatic heterocycles. The molecule has 0 atom stereocenters. The number of hydrogen-bond donors (Lipinski definition) is 0. The van der Waals surface area contributed by atoms with Crippen molar-refractivity contribution in [3.05, 3.63) is 71.4 Å². The van der Waals surface area contributed by atoms with Crippen LogP contribution < -0.4 is 5.19 Å². The zero-order valence-electron chi connectivity index (χ0n) is 17.7. The van der Waals surface area contributed by atoms with Crippen LogP contribution in [0.1, 0.15) is 40.2 Å². The quantitative estimate of drug-likeness (QED) is 0.677. The summed E-state index contributed by atoms with van der Waals surface area (Å²) in [4.78, 5) is 0. The molecule has 27 heavy (non-hydrogen) atoms. The van der Waals surface area contributed by atoms with Gasteiger partial charge in [-0.3, -0.25) is 0 Å². The van der Waals surface area contributed by atoms with Gasteiger partial charge in [0.2, 0.25) is 0 Å². The van der Waals surface area contributed by atoms with Crippen LogP contribution >= 0.6 is 0 Å². The molecule has 4 heteroatoms. The van der Waals surface area contributed by atoms with Gasteiger partial charge in [-0.15, -0.1) is 0 Å². The van der Waals surface area contributed by atoms with Crippen molar-refractivity contribution in [2.24, 2.45) is 0 Å². The van der Waals surface area contributed by atoms with E-state index in [1.165, 1.54) is 21.4 Å². The van der Waals surface area contributed by atoms with Crippen LogP contribution in [0.25, 0.3) is 5.47 Å². The molecule has 2 aromatic rings. The first-order chi connectivity index (χ1) is 12.6. The molecule has 0 saturated carbocycles. The molecule has 1 aliphatic rings. The molecule has 1 aliphatic heterocycles. The van der Waals surface area contributed by atoms with Crippen LogP contribution in [-0.2, 0) is 9.31 Å². The van der Waals surface area contributed by atoms with Crippen molar-refractivity contribution in [1.29, 1.82) is 0 Å². The maximum Gasteiger partial charge on any atom is 0.495 e. The van der Waals surface area contributed by atoms with E-state index in [4.69, 9.17) is 9.31 Å². The van der Waals surface area contributed by atoms with E-state index in [0.29, 0.717) is 0 Å². The molecule has 1 saturated heterocycles. The van der Waals surface area contributed by atoms with Gasteiger partial charge in [-0.25, -0.2) is 0 Å². The lowest BCUT2D eigenvalue weighted by Gasteiger charge is -2.32. The van der Waals surface area contributed by atoms with Gasteiger partial charge in [0.1, 0.15) is 8.07 Å². The maximum atomic E-state index is 6.47. The van der Waals surface area contributed by atoms with E-state index < -0.39 is 8.07 Å². The Balaban J connectivity index is 2.15. The van der Waals surface area contributed by atoms with Crippen molar-refractivity contribution in [3.8, 4) is 0 Å². The van der Waals surface area contributed by atoms with E-state index in [1.54, 1.807) is 0 Å². The summed E-state index contributed by atoms with van der Waals surface area (Å²) >= 11 is 0. The maximum absolute atomic E-state index is 6.47. The van der Waals surface area contributed by atoms with E-state index in [0.717, 1.165) is 0 Å². The normalized spacial score (nSPS) is 19.7. The summed E-state index contributed by atoms with van der Waals surface area (Å²) < 4.78 is 12.9. The first-order valence-corrected chi connectivity index (χ1v) is 12.7. The summed E-state index contributed by atoms with van der Waals surface area (Å²) in [6, 6.07) is 21.4. The van der Waals surface area contributed by atoms with Crippen LogP contribution in [-0.4, -0.2) is 26.4 Å². The molecule has 142 valence electrons. The summed E-state index contributed by atoms with van der Waals surface area (Å²) in [7, 11) is -2.22. The van der Waals surface area contributed by atoms with Gasteiger partial charge < -0.3 is 9.31 Å². The highest BCUT2D eigenvalue weighted by atomic mass is 28.3. The van der Waals surface area contributed by atoms with Crippen molar-refractivity contribution < 1.29 is 9.31 Å². The number of rotatable bonds is 4. The second-order valence-electron chi connectivity index (χ2n) is 8.98. The van der Waals surface area contributed by atoms with E-state index in [2.05, 4.69) is 108 Å². The van der Waals surface area contributed by atoms with Crippen LogP contribution in [0, 0.1) is 0 Å². The molecule has 0 N–H and O–H groups in total. The van der Waals surface area contributed by atoms with Crippen molar-refractivity contribution in [2.45, 2.75) is 58.9 Å². The standard InChI is InChI=1S/C23H31BO2Si/c1-18(27(6,7)20-16-12-9-13-17-20)21(19-14-10-8-11-15-19)24-25-22(2,3)23(4,5)26-24/h8-17H,1-7H3/b21-18+. The topological polar surface area (TPSA) is 18.5 Å². The van der Waals surface area contributed by atoms with Crippen molar-refractivity contribution in [3.63, 3.8) is 0 Å². The van der Waals surface area contributed by atoms with Gasteiger partial charge in [0.15, 0.2) is 0 Å². The molecule has 2 nitrogen and oxygen atoms in total. The lowest BCUT2D eigenvalue weighted by molar-refractivity contribution is 0.00578. The van der Waals surface area contributed by atoms with Crippen LogP contribution in [0.2, 0.25) is 13.1 Å². The second kappa shape index (κ2) is 7.08. The molecule has 0 spiro atoms. The minimum Gasteiger partial charge on any atom is -0.399 e. The van der Waals surface area contributed by atoms with Gasteiger partial charge >= 0.3 is 7.12 Å². The third-order valence-electron chi connectivity index (χ3n) is 6.41. The Morgan fingerprint density at radius 2 is 1.22 bits per heavy atom. The molecular weight excluding hydrogens is 347 g/mol. The first-order valence-electron chi connectivity index (χ1n) is 9.74. The molecule has 2 aromatic carbocycles. The molecule has 3 rings (SSSR count). The van der Waals surface area contributed by atoms with Crippen molar-refractivity contribution in [2.75, 3.05) is 0 Å². The third kappa shape index (κ3) is 3.71. The van der Waals surface area contributed by atoms with Gasteiger partial charge in [-0.05, 0) is 45.7 Å². The predicted octanol–water partition coefficient (Wildman–Crippen LogP) is 5.25. The minimum absolute atomic E-state index is 0.351. The fourth-order valence-electron chi connectivity index (χ4n) is 3.52. The average molecular weight is 378 g/mol. The largest absolute Gasteiger partial charge is 0.495 e. The fraction of sp³-hybridized carbons (Fsp3) is 0.391. The summed E-state index contributed by atoms with van der Waals surface area (Å²) in [6.07, 6.45) is 0. The van der Waals surface area contributed by atoms with Gasteiger partial charge in [-0.1, -0.05) is 84.1 Å². The Morgan fingerprint density at radius 1 is 0.778 bits per heavy atom. The molecular formula is C23H31BO2Si. The van der Waals surface area contributed by atoms with Gasteiger partial charge in [0.25, 0.3) is 0 Å². The molecule has 0 unspecified atom stereocenters. The Kier molecular flexibility index (Phi) is 5.28. The zero-order chi connectivity index (χ0) is 19.9. The number of allylic oxidation sites excluding steroid dienone is 1. The Bertz CT molecular complexity index is 810. The molecule has 1 heterocycles. The summed E-state index contributed by atoms with van der Waals surface area (Å²) in [5.41, 5.74) is 1.67. The Hall–Kier alpha value is -1.62. The molecule has 0 radical (unpaired) electrons. The smallest absolute Gasteiger partial charge is 0.399 e. The highest BCUT2D eigenvalue weighted by Gasteiger charge is 2.53. The predicted molar refractivity (Wildman–Crippen MR) is 119 cm³/mol. The average Bonchev–Trinajstić information content (AvgIpc) is 2.84. The molecule has 0 amide bonds. The van der Waals surface area contributed by atoms with Gasteiger partial charge in [0.05, 0.1) is 11.2 Å². The molecule has 0 aliphatic carbocycles. The third-order valence-corrected chi connectivity index (χ3v) is 10.3. The lowest BCUT2D eigenvalue weighted by atomic mass is 9.73. The first kappa shape index (κ1) is 20.1. The highest BCUT2D eigenvalue weighted by Crippen LogP contribution is 2.42. The summed E-state index contributed by atoms with van der Waals surface area (Å²) in [5.74, 6) is 0. The monoisotopic (exact) mass is 378 g/mol. The van der Waals surface area contributed by atoms with Crippen molar-refractivity contribution in [1.82, 2.24) is 0 Å². The van der Waals surface area contributed by atoms with E-state index >= 15 is 0 Å². The SMILES string of the molecule is C/C(=C(\B1OC(C)(C)C(C)(C)O1)c1ccccc1)[Si](C)(C)c1ccccc1. The molecule has 1 fully saturated rings. The fourth-order valence-corrected chi connectivity index (χ4v) is 5.91. The zero-order valence-corrected chi connectivity index (χ0v) is 18.7. The van der Waals surface area contributed by atoms with E-state index in [9.17, 15) is 0 Å². The minimum atomic E-state index is -1.87.